The molecule has 1 saturated heterocycles. The highest BCUT2D eigenvalue weighted by atomic mass is 16.5. The van der Waals surface area contributed by atoms with Crippen LogP contribution in [0.5, 0.6) is 0 Å². The molecule has 0 bridgehead atoms. The van der Waals surface area contributed by atoms with Crippen LogP contribution in [-0.2, 0) is 9.53 Å². The van der Waals surface area contributed by atoms with Gasteiger partial charge in [0.15, 0.2) is 0 Å². The Morgan fingerprint density at radius 3 is 1.91 bits per heavy atom. The van der Waals surface area contributed by atoms with Gasteiger partial charge in [-0.3, -0.25) is 4.79 Å². The Labute approximate surface area is 209 Å². The van der Waals surface area contributed by atoms with Crippen molar-refractivity contribution < 1.29 is 14.6 Å². The van der Waals surface area contributed by atoms with Crippen LogP contribution in [0.1, 0.15) is 127 Å². The van der Waals surface area contributed by atoms with Gasteiger partial charge >= 0.3 is 0 Å². The van der Waals surface area contributed by atoms with Crippen LogP contribution >= 0.6 is 0 Å². The van der Waals surface area contributed by atoms with Crippen molar-refractivity contribution in [2.75, 3.05) is 0 Å². The number of carbonyl (C=O) groups excluding carboxylic acids is 1. The lowest BCUT2D eigenvalue weighted by atomic mass is 9.33. The zero-order valence-electron chi connectivity index (χ0n) is 23.6. The van der Waals surface area contributed by atoms with E-state index in [1.165, 1.54) is 38.5 Å². The standard InChI is InChI=1S/C31H52O3/c1-25(2)20-10-16-28(6)21(27(20,5)15-13-23(25)32)11-17-29(7)22(12-19-31(28,29)9)30(8)18-14-24(34-30)26(3,4)33/h20-22,24,33H,10-19H2,1-9H3/t20-,21+,22-,24+,27-,28+,29+,30+,31-/m0/s1. The zero-order valence-corrected chi connectivity index (χ0v) is 23.6. The van der Waals surface area contributed by atoms with E-state index in [1.54, 1.807) is 0 Å². The molecule has 5 aliphatic rings. The molecule has 5 fully saturated rings. The van der Waals surface area contributed by atoms with Crippen LogP contribution in [0.25, 0.3) is 0 Å². The minimum Gasteiger partial charge on any atom is -0.388 e. The van der Waals surface area contributed by atoms with Gasteiger partial charge in [0.25, 0.3) is 0 Å². The number of ether oxygens (including phenoxy) is 1. The fourth-order valence-corrected chi connectivity index (χ4v) is 11.5. The van der Waals surface area contributed by atoms with Crippen LogP contribution < -0.4 is 0 Å². The number of hydrogen-bond acceptors (Lipinski definition) is 3. The van der Waals surface area contributed by atoms with Crippen LogP contribution in [0.15, 0.2) is 0 Å². The molecule has 4 aliphatic carbocycles. The summed E-state index contributed by atoms with van der Waals surface area (Å²) in [5, 5.41) is 10.7. The van der Waals surface area contributed by atoms with Gasteiger partial charge in [-0.05, 0) is 118 Å². The molecule has 3 nitrogen and oxygen atoms in total. The number of ketones is 1. The maximum atomic E-state index is 12.9. The third kappa shape index (κ3) is 2.92. The van der Waals surface area contributed by atoms with E-state index >= 15 is 0 Å². The predicted molar refractivity (Wildman–Crippen MR) is 137 cm³/mol. The Kier molecular flexibility index (Phi) is 5.29. The monoisotopic (exact) mass is 472 g/mol. The van der Waals surface area contributed by atoms with Gasteiger partial charge in [-0.1, -0.05) is 41.5 Å². The molecule has 3 heteroatoms. The molecule has 0 radical (unpaired) electrons. The van der Waals surface area contributed by atoms with Crippen molar-refractivity contribution in [3.63, 3.8) is 0 Å². The number of hydrogen-bond donors (Lipinski definition) is 1. The van der Waals surface area contributed by atoms with Crippen molar-refractivity contribution >= 4 is 5.78 Å². The van der Waals surface area contributed by atoms with Crippen LogP contribution in [0, 0.1) is 44.8 Å². The lowest BCUT2D eigenvalue weighted by molar-refractivity contribution is -0.236. The highest BCUT2D eigenvalue weighted by Gasteiger charge is 2.73. The number of fused-ring (bicyclic) bond motifs is 5. The van der Waals surface area contributed by atoms with Gasteiger partial charge in [-0.15, -0.1) is 0 Å². The summed E-state index contributed by atoms with van der Waals surface area (Å²) in [4.78, 5) is 12.9. The molecule has 0 unspecified atom stereocenters. The molecular formula is C31H52O3. The average molecular weight is 473 g/mol. The van der Waals surface area contributed by atoms with Gasteiger partial charge in [0.05, 0.1) is 17.3 Å². The number of carbonyl (C=O) groups is 1. The number of rotatable bonds is 2. The van der Waals surface area contributed by atoms with Crippen molar-refractivity contribution in [1.29, 1.82) is 0 Å². The summed E-state index contributed by atoms with van der Waals surface area (Å²) in [6.45, 7) is 21.2. The van der Waals surface area contributed by atoms with E-state index in [2.05, 4.69) is 48.5 Å². The Balaban J connectivity index is 1.49. The molecule has 0 spiro atoms. The molecule has 194 valence electrons. The lowest BCUT2D eigenvalue weighted by Gasteiger charge is -2.71. The lowest BCUT2D eigenvalue weighted by Crippen LogP contribution is -2.66. The average Bonchev–Trinajstić information content (AvgIpc) is 3.25. The largest absolute Gasteiger partial charge is 0.388 e. The summed E-state index contributed by atoms with van der Waals surface area (Å²) < 4.78 is 6.78. The van der Waals surface area contributed by atoms with E-state index in [1.807, 2.05) is 13.8 Å². The fraction of sp³-hybridized carbons (Fsp3) is 0.968. The topological polar surface area (TPSA) is 46.5 Å². The SMILES string of the molecule is CC(C)(O)[C@H]1CC[C@](C)([C@H]2CC[C@@]3(C)[C@]4(C)CC[C@H]5C(C)(C)C(=O)CC[C@]5(C)[C@H]4CC[C@]23C)O1. The molecule has 1 aliphatic heterocycles. The second-order valence-electron chi connectivity index (χ2n) is 15.7. The Morgan fingerprint density at radius 1 is 0.765 bits per heavy atom. The Bertz CT molecular complexity index is 870. The second kappa shape index (κ2) is 7.12. The normalized spacial score (nSPS) is 54.9. The van der Waals surface area contributed by atoms with Gasteiger partial charge in [0.1, 0.15) is 5.78 Å². The van der Waals surface area contributed by atoms with Crippen LogP contribution in [-0.4, -0.2) is 28.2 Å². The number of aliphatic hydroxyl groups is 1. The molecule has 9 atom stereocenters. The third-order valence-electron chi connectivity index (χ3n) is 13.8. The summed E-state index contributed by atoms with van der Waals surface area (Å²) in [6.07, 6.45) is 11.4. The first kappa shape index (κ1) is 25.2. The fourth-order valence-electron chi connectivity index (χ4n) is 11.5. The summed E-state index contributed by atoms with van der Waals surface area (Å²) >= 11 is 0. The van der Waals surface area contributed by atoms with Crippen LogP contribution in [0.3, 0.4) is 0 Å². The van der Waals surface area contributed by atoms with Crippen molar-refractivity contribution in [1.82, 2.24) is 0 Å². The molecule has 5 rings (SSSR count). The Hall–Kier alpha value is -0.410. The van der Waals surface area contributed by atoms with Gasteiger partial charge in [0.2, 0.25) is 0 Å². The van der Waals surface area contributed by atoms with Gasteiger partial charge < -0.3 is 9.84 Å². The van der Waals surface area contributed by atoms with Crippen LogP contribution in [0.4, 0.5) is 0 Å². The highest BCUT2D eigenvalue weighted by Crippen LogP contribution is 2.79. The summed E-state index contributed by atoms with van der Waals surface area (Å²) in [5.74, 6) is 2.26. The van der Waals surface area contributed by atoms with Gasteiger partial charge in [-0.25, -0.2) is 0 Å². The first-order valence-corrected chi connectivity index (χ1v) is 14.4. The van der Waals surface area contributed by atoms with E-state index in [9.17, 15) is 9.90 Å². The zero-order chi connectivity index (χ0) is 25.2. The predicted octanol–water partition coefficient (Wildman–Crippen LogP) is 7.34. The smallest absolute Gasteiger partial charge is 0.138 e. The third-order valence-corrected chi connectivity index (χ3v) is 13.8. The van der Waals surface area contributed by atoms with Crippen molar-refractivity contribution in [3.8, 4) is 0 Å². The molecule has 0 aromatic rings. The first-order valence-electron chi connectivity index (χ1n) is 14.4. The van der Waals surface area contributed by atoms with Crippen molar-refractivity contribution in [2.45, 2.75) is 144 Å². The minimum atomic E-state index is -0.775. The Morgan fingerprint density at radius 2 is 1.32 bits per heavy atom. The minimum absolute atomic E-state index is 0.0590. The molecular weight excluding hydrogens is 420 g/mol. The second-order valence-corrected chi connectivity index (χ2v) is 15.7. The molecule has 0 amide bonds. The van der Waals surface area contributed by atoms with Gasteiger partial charge in [-0.2, -0.15) is 0 Å². The van der Waals surface area contributed by atoms with Crippen LogP contribution in [0.2, 0.25) is 0 Å². The van der Waals surface area contributed by atoms with Crippen molar-refractivity contribution in [2.24, 2.45) is 44.8 Å². The van der Waals surface area contributed by atoms with Crippen molar-refractivity contribution in [3.05, 3.63) is 0 Å². The van der Waals surface area contributed by atoms with E-state index < -0.39 is 5.60 Å². The quantitative estimate of drug-likeness (QED) is 0.457. The summed E-state index contributed by atoms with van der Waals surface area (Å²) in [7, 11) is 0. The summed E-state index contributed by atoms with van der Waals surface area (Å²) in [6, 6.07) is 0. The van der Waals surface area contributed by atoms with E-state index in [-0.39, 0.29) is 33.4 Å². The molecule has 1 N–H and O–H groups in total. The van der Waals surface area contributed by atoms with E-state index in [4.69, 9.17) is 4.74 Å². The molecule has 1 heterocycles. The highest BCUT2D eigenvalue weighted by molar-refractivity contribution is 5.85. The molecule has 34 heavy (non-hydrogen) atoms. The maximum Gasteiger partial charge on any atom is 0.138 e. The van der Waals surface area contributed by atoms with E-state index in [0.29, 0.717) is 29.0 Å². The summed E-state index contributed by atoms with van der Waals surface area (Å²) in [5.41, 5.74) is 0.0271. The number of Topliss-reactive ketones (excluding diaryl/α,β-unsaturated/α-hetero) is 1. The maximum absolute atomic E-state index is 12.9. The van der Waals surface area contributed by atoms with E-state index in [0.717, 1.165) is 25.7 Å². The molecule has 0 aromatic carbocycles. The molecule has 4 saturated carbocycles. The molecule has 0 aromatic heterocycles. The van der Waals surface area contributed by atoms with Gasteiger partial charge in [0, 0.05) is 11.8 Å². The first-order chi connectivity index (χ1) is 15.5.